The van der Waals surface area contributed by atoms with Gasteiger partial charge in [0.2, 0.25) is 0 Å². The van der Waals surface area contributed by atoms with Crippen LogP contribution in [0.3, 0.4) is 0 Å². The molecule has 1 aliphatic heterocycles. The van der Waals surface area contributed by atoms with Crippen LogP contribution in [0.2, 0.25) is 0 Å². The summed E-state index contributed by atoms with van der Waals surface area (Å²) < 4.78 is 11.4. The molecule has 1 saturated heterocycles. The molecule has 3 aromatic rings. The van der Waals surface area contributed by atoms with Gasteiger partial charge in [0.05, 0.1) is 18.5 Å². The summed E-state index contributed by atoms with van der Waals surface area (Å²) in [7, 11) is 2.16. The van der Waals surface area contributed by atoms with E-state index >= 15 is 0 Å². The molecule has 1 aromatic heterocycles. The number of likely N-dealkylation sites (tertiary alicyclic amines) is 1. The van der Waals surface area contributed by atoms with Crippen molar-refractivity contribution in [3.8, 4) is 11.1 Å². The highest BCUT2D eigenvalue weighted by atomic mass is 16.6. The molecule has 0 unspecified atom stereocenters. The number of nitrogens with zero attached hydrogens (tertiary/aromatic N) is 2. The summed E-state index contributed by atoms with van der Waals surface area (Å²) in [6, 6.07) is 22.0. The highest BCUT2D eigenvalue weighted by molar-refractivity contribution is 5.91. The maximum absolute atomic E-state index is 12.8. The van der Waals surface area contributed by atoms with Gasteiger partial charge in [-0.25, -0.2) is 4.79 Å². The Morgan fingerprint density at radius 2 is 1.62 bits per heavy atom. The van der Waals surface area contributed by atoms with E-state index in [-0.39, 0.29) is 6.09 Å². The number of nitrogens with one attached hydrogen (secondary N) is 1. The Labute approximate surface area is 234 Å². The second-order valence-corrected chi connectivity index (χ2v) is 11.2. The van der Waals surface area contributed by atoms with E-state index in [9.17, 15) is 4.79 Å². The van der Waals surface area contributed by atoms with Gasteiger partial charge in [-0.2, -0.15) is 0 Å². The first-order valence-corrected chi connectivity index (χ1v) is 14.6. The fourth-order valence-electron chi connectivity index (χ4n) is 5.34. The maximum Gasteiger partial charge on any atom is 0.412 e. The molecule has 0 bridgehead atoms. The van der Waals surface area contributed by atoms with Crippen LogP contribution in [0, 0.1) is 0 Å². The number of para-hydroxylation sites is 1. The van der Waals surface area contributed by atoms with E-state index in [1.54, 1.807) is 6.26 Å². The molecule has 210 valence electrons. The molecule has 39 heavy (non-hydrogen) atoms. The van der Waals surface area contributed by atoms with Crippen molar-refractivity contribution in [2.75, 3.05) is 38.5 Å². The molecule has 6 heteroatoms. The van der Waals surface area contributed by atoms with E-state index in [1.807, 2.05) is 66.7 Å². The molecule has 1 fully saturated rings. The molecule has 0 spiro atoms. The van der Waals surface area contributed by atoms with Crippen molar-refractivity contribution in [2.45, 2.75) is 70.4 Å². The molecule has 2 heterocycles. The van der Waals surface area contributed by atoms with Crippen LogP contribution >= 0.6 is 0 Å². The zero-order chi connectivity index (χ0) is 27.3. The minimum atomic E-state index is -0.424. The Balaban J connectivity index is 1.07. The maximum atomic E-state index is 12.8. The van der Waals surface area contributed by atoms with Crippen LogP contribution in [0.25, 0.3) is 11.1 Å². The minimum Gasteiger partial charge on any atom is -0.468 e. The van der Waals surface area contributed by atoms with Crippen LogP contribution in [-0.4, -0.2) is 54.7 Å². The van der Waals surface area contributed by atoms with Crippen molar-refractivity contribution in [3.05, 3.63) is 78.8 Å². The Kier molecular flexibility index (Phi) is 11.0. The Hall–Kier alpha value is -3.09. The van der Waals surface area contributed by atoms with Crippen LogP contribution in [0.15, 0.2) is 77.4 Å². The molecule has 0 atom stereocenters. The first-order valence-electron chi connectivity index (χ1n) is 14.6. The molecular formula is C33H45N3O3. The van der Waals surface area contributed by atoms with Crippen molar-refractivity contribution in [3.63, 3.8) is 0 Å². The molecule has 1 amide bonds. The van der Waals surface area contributed by atoms with Crippen LogP contribution in [-0.2, 0) is 11.3 Å². The first kappa shape index (κ1) is 28.9. The fourth-order valence-corrected chi connectivity index (χ4v) is 5.34. The number of piperidine rings is 1. The van der Waals surface area contributed by atoms with Gasteiger partial charge in [0.15, 0.2) is 0 Å². The molecule has 4 rings (SSSR count). The van der Waals surface area contributed by atoms with Gasteiger partial charge >= 0.3 is 6.09 Å². The first-order chi connectivity index (χ1) is 19.0. The summed E-state index contributed by atoms with van der Waals surface area (Å²) in [6.45, 7) is 7.17. The number of hydrogen-bond acceptors (Lipinski definition) is 5. The van der Waals surface area contributed by atoms with Crippen LogP contribution in [0.1, 0.15) is 64.1 Å². The molecule has 0 saturated carbocycles. The SMILES string of the molecule is CN(CCCCCCCCN1CCC(C)(OC(=O)Nc2ccccc2-c2ccccc2)CC1)Cc1ccco1. The normalized spacial score (nSPS) is 15.4. The van der Waals surface area contributed by atoms with Gasteiger partial charge in [-0.15, -0.1) is 0 Å². The number of anilines is 1. The number of furan rings is 1. The lowest BCUT2D eigenvalue weighted by molar-refractivity contribution is -0.0163. The van der Waals surface area contributed by atoms with Crippen LogP contribution < -0.4 is 5.32 Å². The summed E-state index contributed by atoms with van der Waals surface area (Å²) >= 11 is 0. The number of rotatable bonds is 14. The predicted octanol–water partition coefficient (Wildman–Crippen LogP) is 7.82. The number of carbonyl (C=O) groups excluding carboxylic acids is 1. The number of ether oxygens (including phenoxy) is 1. The van der Waals surface area contributed by atoms with Crippen molar-refractivity contribution < 1.29 is 13.9 Å². The lowest BCUT2D eigenvalue weighted by Gasteiger charge is -2.38. The number of amides is 1. The minimum absolute atomic E-state index is 0.374. The third-order valence-corrected chi connectivity index (χ3v) is 7.77. The Morgan fingerprint density at radius 3 is 2.36 bits per heavy atom. The smallest absolute Gasteiger partial charge is 0.412 e. The largest absolute Gasteiger partial charge is 0.468 e. The number of benzene rings is 2. The van der Waals surface area contributed by atoms with Gasteiger partial charge in [-0.05, 0) is 76.5 Å². The van der Waals surface area contributed by atoms with Crippen molar-refractivity contribution in [1.82, 2.24) is 9.80 Å². The van der Waals surface area contributed by atoms with E-state index in [4.69, 9.17) is 9.15 Å². The summed E-state index contributed by atoms with van der Waals surface area (Å²) in [6.07, 6.45) is 10.8. The Bertz CT molecular complexity index is 1110. The second-order valence-electron chi connectivity index (χ2n) is 11.2. The summed E-state index contributed by atoms with van der Waals surface area (Å²) in [4.78, 5) is 17.7. The molecule has 1 N–H and O–H groups in total. The van der Waals surface area contributed by atoms with Gasteiger partial charge in [0.1, 0.15) is 11.4 Å². The van der Waals surface area contributed by atoms with Gasteiger partial charge in [0, 0.05) is 18.7 Å². The van der Waals surface area contributed by atoms with Crippen LogP contribution in [0.4, 0.5) is 10.5 Å². The average Bonchev–Trinajstić information content (AvgIpc) is 3.45. The van der Waals surface area contributed by atoms with Gasteiger partial charge < -0.3 is 14.1 Å². The number of hydrogen-bond donors (Lipinski definition) is 1. The summed E-state index contributed by atoms with van der Waals surface area (Å²) in [5.41, 5.74) is 2.41. The molecule has 1 aliphatic rings. The van der Waals surface area contributed by atoms with Crippen molar-refractivity contribution in [2.24, 2.45) is 0 Å². The second kappa shape index (κ2) is 14.9. The van der Waals surface area contributed by atoms with E-state index in [0.29, 0.717) is 0 Å². The lowest BCUT2D eigenvalue weighted by atomic mass is 9.93. The Morgan fingerprint density at radius 1 is 0.923 bits per heavy atom. The van der Waals surface area contributed by atoms with E-state index < -0.39 is 5.60 Å². The number of unbranched alkanes of at least 4 members (excludes halogenated alkanes) is 5. The molecule has 2 aromatic carbocycles. The molecule has 6 nitrogen and oxygen atoms in total. The predicted molar refractivity (Wildman–Crippen MR) is 159 cm³/mol. The highest BCUT2D eigenvalue weighted by Crippen LogP contribution is 2.30. The highest BCUT2D eigenvalue weighted by Gasteiger charge is 2.33. The van der Waals surface area contributed by atoms with Crippen molar-refractivity contribution in [1.29, 1.82) is 0 Å². The zero-order valence-electron chi connectivity index (χ0n) is 23.7. The summed E-state index contributed by atoms with van der Waals surface area (Å²) in [5, 5.41) is 2.99. The summed E-state index contributed by atoms with van der Waals surface area (Å²) in [5.74, 6) is 1.04. The van der Waals surface area contributed by atoms with E-state index in [0.717, 1.165) is 68.1 Å². The third kappa shape index (κ3) is 9.55. The quantitative estimate of drug-likeness (QED) is 0.215. The topological polar surface area (TPSA) is 58.0 Å². The number of carbonyl (C=O) groups is 1. The monoisotopic (exact) mass is 531 g/mol. The molecule has 0 aliphatic carbocycles. The average molecular weight is 532 g/mol. The fraction of sp³-hybridized carbons (Fsp3) is 0.485. The van der Waals surface area contributed by atoms with Gasteiger partial charge in [-0.1, -0.05) is 74.2 Å². The molecule has 0 radical (unpaired) electrons. The standard InChI is InChI=1S/C33H45N3O3/c1-33(39-32(37)34-31-19-11-10-18-30(31)28-15-8-7-9-16-28)20-24-36(25-21-33)23-13-6-4-3-5-12-22-35(2)27-29-17-14-26-38-29/h7-11,14-19,26H,3-6,12-13,20-25,27H2,1-2H3,(H,34,37). The van der Waals surface area contributed by atoms with Gasteiger partial charge in [0.25, 0.3) is 0 Å². The molecular weight excluding hydrogens is 486 g/mol. The van der Waals surface area contributed by atoms with Crippen LogP contribution in [0.5, 0.6) is 0 Å². The zero-order valence-corrected chi connectivity index (χ0v) is 23.7. The van der Waals surface area contributed by atoms with Crippen molar-refractivity contribution >= 4 is 11.8 Å². The third-order valence-electron chi connectivity index (χ3n) is 7.77. The van der Waals surface area contributed by atoms with E-state index in [1.165, 1.54) is 38.5 Å². The lowest BCUT2D eigenvalue weighted by Crippen LogP contribution is -2.46. The van der Waals surface area contributed by atoms with Gasteiger partial charge in [-0.3, -0.25) is 10.2 Å². The van der Waals surface area contributed by atoms with E-state index in [2.05, 4.69) is 29.1 Å².